The second-order valence-electron chi connectivity index (χ2n) is 7.47. The van der Waals surface area contributed by atoms with Gasteiger partial charge in [0.25, 0.3) is 0 Å². The molecule has 152 valence electrons. The number of phenolic OH excluding ortho intramolecular Hbond substituents is 1. The maximum Gasteiger partial charge on any atom is 0.329 e. The number of aliphatic hydroxyl groups excluding tert-OH is 1. The first-order valence-electron chi connectivity index (χ1n) is 9.35. The molecule has 28 heavy (non-hydrogen) atoms. The standard InChI is InChI=1S/C18H23NO2.C2H4O3.C2H2/c1-11-7-8-14(20)17-16(11)18-9-10-19(3)12(2)13(18)5-4-6-15(18)21-17;3-1-2(4)5;1-2/h4-5,7-8,12-13,15,20H,6,9-10H2,1-3H3;3H,1H2,(H,4,5);1-2H/t12-,13+,15+,18-;;/m1../s1. The number of benzene rings is 1. The molecule has 1 aliphatic carbocycles. The quantitative estimate of drug-likeness (QED) is 0.506. The first-order chi connectivity index (χ1) is 13.3. The summed E-state index contributed by atoms with van der Waals surface area (Å²) in [6, 6.07) is 4.30. The number of aryl methyl sites for hydroxylation is 1. The smallest absolute Gasteiger partial charge is 0.329 e. The van der Waals surface area contributed by atoms with Crippen LogP contribution < -0.4 is 4.74 Å². The molecule has 6 nitrogen and oxygen atoms in total. The first kappa shape index (κ1) is 21.8. The molecule has 0 bridgehead atoms. The van der Waals surface area contributed by atoms with Crippen molar-refractivity contribution in [1.29, 1.82) is 0 Å². The number of ether oxygens (including phenoxy) is 1. The predicted molar refractivity (Wildman–Crippen MR) is 108 cm³/mol. The van der Waals surface area contributed by atoms with Crippen molar-refractivity contribution in [3.05, 3.63) is 35.4 Å². The Morgan fingerprint density at radius 1 is 1.39 bits per heavy atom. The minimum Gasteiger partial charge on any atom is -0.504 e. The summed E-state index contributed by atoms with van der Waals surface area (Å²) in [7, 11) is 2.21. The molecule has 0 aromatic heterocycles. The molecule has 0 unspecified atom stereocenters. The van der Waals surface area contributed by atoms with E-state index in [0.29, 0.717) is 17.7 Å². The number of fused-ring (bicyclic) bond motifs is 1. The maximum absolute atomic E-state index is 10.3. The maximum atomic E-state index is 10.3. The Morgan fingerprint density at radius 2 is 2.04 bits per heavy atom. The average Bonchev–Trinajstić information content (AvgIpc) is 3.05. The van der Waals surface area contributed by atoms with Gasteiger partial charge in [-0.05, 0) is 45.5 Å². The van der Waals surface area contributed by atoms with Crippen molar-refractivity contribution in [2.45, 2.75) is 44.2 Å². The van der Waals surface area contributed by atoms with Gasteiger partial charge in [-0.2, -0.15) is 0 Å². The number of aliphatic hydroxyl groups is 1. The highest BCUT2D eigenvalue weighted by Crippen LogP contribution is 2.59. The zero-order valence-corrected chi connectivity index (χ0v) is 16.6. The molecule has 4 rings (SSSR count). The number of rotatable bonds is 1. The molecule has 0 amide bonds. The summed E-state index contributed by atoms with van der Waals surface area (Å²) in [5.74, 6) is 0.303. The van der Waals surface area contributed by atoms with Crippen LogP contribution in [0.3, 0.4) is 0 Å². The summed E-state index contributed by atoms with van der Waals surface area (Å²) >= 11 is 0. The van der Waals surface area contributed by atoms with Crippen LogP contribution in [0.1, 0.15) is 30.9 Å². The fourth-order valence-corrected chi connectivity index (χ4v) is 4.82. The van der Waals surface area contributed by atoms with Gasteiger partial charge in [0.2, 0.25) is 0 Å². The lowest BCUT2D eigenvalue weighted by atomic mass is 9.58. The van der Waals surface area contributed by atoms with Crippen LogP contribution in [0.15, 0.2) is 24.3 Å². The highest BCUT2D eigenvalue weighted by Gasteiger charge is 2.58. The summed E-state index contributed by atoms with van der Waals surface area (Å²) < 4.78 is 6.25. The highest BCUT2D eigenvalue weighted by atomic mass is 16.5. The Bertz CT molecular complexity index is 772. The van der Waals surface area contributed by atoms with Gasteiger partial charge in [0.15, 0.2) is 11.5 Å². The zero-order valence-electron chi connectivity index (χ0n) is 16.6. The average molecular weight is 387 g/mol. The third-order valence-electron chi connectivity index (χ3n) is 6.16. The van der Waals surface area contributed by atoms with E-state index < -0.39 is 12.6 Å². The van der Waals surface area contributed by atoms with E-state index >= 15 is 0 Å². The Kier molecular flexibility index (Phi) is 6.76. The van der Waals surface area contributed by atoms with E-state index in [-0.39, 0.29) is 11.5 Å². The van der Waals surface area contributed by atoms with Crippen LogP contribution in [0, 0.1) is 25.7 Å². The van der Waals surface area contributed by atoms with Gasteiger partial charge in [0, 0.05) is 29.4 Å². The van der Waals surface area contributed by atoms with Crippen molar-refractivity contribution in [1.82, 2.24) is 4.90 Å². The lowest BCUT2D eigenvalue weighted by Gasteiger charge is -2.52. The number of phenols is 1. The molecule has 3 N–H and O–H groups in total. The number of aromatic hydroxyl groups is 1. The van der Waals surface area contributed by atoms with Crippen LogP contribution in [-0.4, -0.2) is 58.5 Å². The van der Waals surface area contributed by atoms with E-state index in [1.54, 1.807) is 6.07 Å². The third kappa shape index (κ3) is 3.48. The van der Waals surface area contributed by atoms with Gasteiger partial charge in [0.05, 0.1) is 0 Å². The second-order valence-corrected chi connectivity index (χ2v) is 7.47. The molecule has 2 heterocycles. The van der Waals surface area contributed by atoms with Gasteiger partial charge in [-0.3, -0.25) is 0 Å². The summed E-state index contributed by atoms with van der Waals surface area (Å²) in [5, 5.41) is 25.3. The van der Waals surface area contributed by atoms with Crippen molar-refractivity contribution in [2.24, 2.45) is 5.92 Å². The number of likely N-dealkylation sites (tertiary alicyclic amines) is 1. The Labute approximate surface area is 166 Å². The fourth-order valence-electron chi connectivity index (χ4n) is 4.82. The van der Waals surface area contributed by atoms with E-state index in [9.17, 15) is 5.11 Å². The number of carboxylic acids is 1. The summed E-state index contributed by atoms with van der Waals surface area (Å²) in [5.41, 5.74) is 2.56. The normalized spacial score (nSPS) is 29.6. The number of nitrogens with zero attached hydrogens (tertiary/aromatic N) is 1. The van der Waals surface area contributed by atoms with Gasteiger partial charge < -0.3 is 25.0 Å². The Morgan fingerprint density at radius 3 is 2.64 bits per heavy atom. The molecule has 4 atom stereocenters. The molecule has 6 heteroatoms. The SMILES string of the molecule is C#C.Cc1ccc(O)c2c1[C@]13CCN(C)[C@H](C)[C@@H]1C=CC[C@@H]3O2.O=C(O)CO. The van der Waals surface area contributed by atoms with Crippen LogP contribution >= 0.6 is 0 Å². The number of terminal acetylenes is 1. The molecule has 1 fully saturated rings. The van der Waals surface area contributed by atoms with E-state index in [2.05, 4.69) is 50.8 Å². The number of hydrogen-bond acceptors (Lipinski definition) is 5. The minimum absolute atomic E-state index is 0.0405. The van der Waals surface area contributed by atoms with Crippen LogP contribution in [0.5, 0.6) is 11.5 Å². The van der Waals surface area contributed by atoms with Gasteiger partial charge in [0.1, 0.15) is 12.7 Å². The van der Waals surface area contributed by atoms with Gasteiger partial charge >= 0.3 is 5.97 Å². The molecule has 1 spiro atoms. The molecular weight excluding hydrogens is 358 g/mol. The fraction of sp³-hybridized carbons (Fsp3) is 0.500. The molecule has 2 aliphatic heterocycles. The Hall–Kier alpha value is -2.49. The second kappa shape index (κ2) is 8.68. The number of hydrogen-bond donors (Lipinski definition) is 3. The Balaban J connectivity index is 0.000000352. The molecule has 0 radical (unpaired) electrons. The van der Waals surface area contributed by atoms with E-state index in [1.165, 1.54) is 11.1 Å². The van der Waals surface area contributed by atoms with Crippen LogP contribution in [0.2, 0.25) is 0 Å². The number of piperidine rings is 1. The largest absolute Gasteiger partial charge is 0.504 e. The monoisotopic (exact) mass is 387 g/mol. The molecular formula is C22H29NO5. The van der Waals surface area contributed by atoms with Gasteiger partial charge in [-0.1, -0.05) is 18.2 Å². The molecule has 1 aromatic carbocycles. The van der Waals surface area contributed by atoms with E-state index in [4.69, 9.17) is 19.7 Å². The predicted octanol–water partition coefficient (Wildman–Crippen LogP) is 2.31. The van der Waals surface area contributed by atoms with Crippen LogP contribution in [-0.2, 0) is 10.2 Å². The third-order valence-corrected chi connectivity index (χ3v) is 6.16. The van der Waals surface area contributed by atoms with Crippen molar-refractivity contribution in [2.75, 3.05) is 20.2 Å². The lowest BCUT2D eigenvalue weighted by molar-refractivity contribution is -0.140. The van der Waals surface area contributed by atoms with Crippen molar-refractivity contribution < 1.29 is 24.9 Å². The number of carboxylic acid groups (broad SMARTS) is 1. The highest BCUT2D eigenvalue weighted by molar-refractivity contribution is 5.67. The van der Waals surface area contributed by atoms with Crippen molar-refractivity contribution in [3.63, 3.8) is 0 Å². The van der Waals surface area contributed by atoms with Gasteiger partial charge in [-0.15, -0.1) is 12.8 Å². The van der Waals surface area contributed by atoms with E-state index in [1.807, 2.05) is 6.07 Å². The number of aliphatic carboxylic acids is 1. The number of carbonyl (C=O) groups is 1. The summed E-state index contributed by atoms with van der Waals surface area (Å²) in [4.78, 5) is 11.6. The van der Waals surface area contributed by atoms with Crippen LogP contribution in [0.25, 0.3) is 0 Å². The van der Waals surface area contributed by atoms with E-state index in [0.717, 1.165) is 25.1 Å². The molecule has 1 aromatic rings. The topological polar surface area (TPSA) is 90.2 Å². The minimum atomic E-state index is -1.19. The zero-order chi connectivity index (χ0) is 21.1. The first-order valence-corrected chi connectivity index (χ1v) is 9.35. The lowest BCUT2D eigenvalue weighted by Crippen LogP contribution is -2.58. The molecule has 1 saturated heterocycles. The van der Waals surface area contributed by atoms with Gasteiger partial charge in [-0.25, -0.2) is 4.79 Å². The summed E-state index contributed by atoms with van der Waals surface area (Å²) in [6.07, 6.45) is 14.9. The van der Waals surface area contributed by atoms with Crippen LogP contribution in [0.4, 0.5) is 0 Å². The molecule has 0 saturated carbocycles. The van der Waals surface area contributed by atoms with Crippen molar-refractivity contribution in [3.8, 4) is 24.3 Å². The molecule has 3 aliphatic rings. The van der Waals surface area contributed by atoms with Crippen molar-refractivity contribution >= 4 is 5.97 Å². The summed E-state index contributed by atoms with van der Waals surface area (Å²) in [6.45, 7) is 4.77.